The molecule has 1 saturated heterocycles. The van der Waals surface area contributed by atoms with E-state index < -0.39 is 0 Å². The van der Waals surface area contributed by atoms with Crippen LogP contribution in [0, 0.1) is 0 Å². The fourth-order valence-electron chi connectivity index (χ4n) is 1.73. The number of piperidine rings is 1. The highest BCUT2D eigenvalue weighted by Crippen LogP contribution is 2.20. The Kier molecular flexibility index (Phi) is 3.10. The average Bonchev–Trinajstić information content (AvgIpc) is 2.68. The summed E-state index contributed by atoms with van der Waals surface area (Å²) in [4.78, 5) is 4.34. The number of hydrogen-bond donors (Lipinski definition) is 2. The highest BCUT2D eigenvalue weighted by Gasteiger charge is 2.20. The van der Waals surface area contributed by atoms with Crippen LogP contribution in [0.1, 0.15) is 30.5 Å². The van der Waals surface area contributed by atoms with E-state index in [1.165, 1.54) is 6.42 Å². The average molecular weight is 196 g/mol. The van der Waals surface area contributed by atoms with E-state index in [1.807, 2.05) is 7.05 Å². The lowest BCUT2D eigenvalue weighted by atomic mass is 9.99. The Balaban J connectivity index is 2.00. The van der Waals surface area contributed by atoms with Crippen molar-refractivity contribution in [2.24, 2.45) is 0 Å². The lowest BCUT2D eigenvalue weighted by Gasteiger charge is -2.19. The quantitative estimate of drug-likeness (QED) is 0.726. The molecule has 0 saturated carbocycles. The molecule has 1 aromatic heterocycles. The standard InChI is InChI=1S/C9H16N4O/c1-10-6-8-12-9(13-14-8)7-3-2-4-11-5-7/h7,10-11H,2-6H2,1H3. The van der Waals surface area contributed by atoms with Gasteiger partial charge in [-0.25, -0.2) is 0 Å². The van der Waals surface area contributed by atoms with Crippen molar-refractivity contribution in [3.8, 4) is 0 Å². The van der Waals surface area contributed by atoms with E-state index in [-0.39, 0.29) is 0 Å². The topological polar surface area (TPSA) is 63.0 Å². The van der Waals surface area contributed by atoms with Gasteiger partial charge in [0.1, 0.15) is 0 Å². The third-order valence-electron chi connectivity index (χ3n) is 2.47. The summed E-state index contributed by atoms with van der Waals surface area (Å²) < 4.78 is 5.11. The smallest absolute Gasteiger partial charge is 0.240 e. The van der Waals surface area contributed by atoms with Gasteiger partial charge in [-0.3, -0.25) is 0 Å². The number of nitrogens with zero attached hydrogens (tertiary/aromatic N) is 2. The van der Waals surface area contributed by atoms with Crippen molar-refractivity contribution in [3.05, 3.63) is 11.7 Å². The van der Waals surface area contributed by atoms with E-state index in [0.717, 1.165) is 25.3 Å². The van der Waals surface area contributed by atoms with Gasteiger partial charge in [-0.2, -0.15) is 4.98 Å². The lowest BCUT2D eigenvalue weighted by Crippen LogP contribution is -2.28. The maximum atomic E-state index is 5.11. The first-order valence-corrected chi connectivity index (χ1v) is 5.08. The minimum Gasteiger partial charge on any atom is -0.338 e. The summed E-state index contributed by atoms with van der Waals surface area (Å²) in [6.07, 6.45) is 2.35. The van der Waals surface area contributed by atoms with E-state index in [1.54, 1.807) is 0 Å². The molecule has 5 heteroatoms. The fraction of sp³-hybridized carbons (Fsp3) is 0.778. The van der Waals surface area contributed by atoms with Crippen LogP contribution in [0.2, 0.25) is 0 Å². The molecular formula is C9H16N4O. The van der Waals surface area contributed by atoms with E-state index in [9.17, 15) is 0 Å². The highest BCUT2D eigenvalue weighted by atomic mass is 16.5. The summed E-state index contributed by atoms with van der Waals surface area (Å²) in [6.45, 7) is 2.73. The maximum Gasteiger partial charge on any atom is 0.240 e. The van der Waals surface area contributed by atoms with Crippen LogP contribution in [-0.4, -0.2) is 30.3 Å². The normalized spacial score (nSPS) is 22.5. The molecule has 14 heavy (non-hydrogen) atoms. The van der Waals surface area contributed by atoms with Crippen molar-refractivity contribution in [3.63, 3.8) is 0 Å². The van der Waals surface area contributed by atoms with Gasteiger partial charge in [-0.15, -0.1) is 0 Å². The van der Waals surface area contributed by atoms with Gasteiger partial charge in [0, 0.05) is 12.5 Å². The maximum absolute atomic E-state index is 5.11. The summed E-state index contributed by atoms with van der Waals surface area (Å²) >= 11 is 0. The van der Waals surface area contributed by atoms with Crippen molar-refractivity contribution in [1.82, 2.24) is 20.8 Å². The van der Waals surface area contributed by atoms with E-state index >= 15 is 0 Å². The Labute approximate surface area is 83.3 Å². The van der Waals surface area contributed by atoms with Crippen molar-refractivity contribution >= 4 is 0 Å². The van der Waals surface area contributed by atoms with E-state index in [0.29, 0.717) is 18.4 Å². The monoisotopic (exact) mass is 196 g/mol. The van der Waals surface area contributed by atoms with Crippen LogP contribution in [0.25, 0.3) is 0 Å². The summed E-state index contributed by atoms with van der Waals surface area (Å²) in [7, 11) is 1.87. The minimum atomic E-state index is 0.429. The van der Waals surface area contributed by atoms with Gasteiger partial charge in [0.2, 0.25) is 5.89 Å². The molecule has 0 bridgehead atoms. The zero-order chi connectivity index (χ0) is 9.80. The van der Waals surface area contributed by atoms with Crippen LogP contribution < -0.4 is 10.6 Å². The molecule has 0 aliphatic carbocycles. The van der Waals surface area contributed by atoms with E-state index in [4.69, 9.17) is 4.52 Å². The van der Waals surface area contributed by atoms with Gasteiger partial charge in [-0.05, 0) is 26.4 Å². The number of rotatable bonds is 3. The Bertz CT molecular complexity index is 280. The van der Waals surface area contributed by atoms with Crippen LogP contribution in [0.4, 0.5) is 0 Å². The molecule has 1 aliphatic heterocycles. The molecule has 0 aromatic carbocycles. The van der Waals surface area contributed by atoms with Crippen molar-refractivity contribution < 1.29 is 4.52 Å². The number of nitrogens with one attached hydrogen (secondary N) is 2. The van der Waals surface area contributed by atoms with Crippen LogP contribution in [0.3, 0.4) is 0 Å². The first-order chi connectivity index (χ1) is 6.90. The zero-order valence-corrected chi connectivity index (χ0v) is 8.42. The second kappa shape index (κ2) is 4.52. The van der Waals surface area contributed by atoms with Gasteiger partial charge in [-0.1, -0.05) is 5.16 Å². The summed E-state index contributed by atoms with van der Waals surface area (Å²) in [6, 6.07) is 0. The zero-order valence-electron chi connectivity index (χ0n) is 8.42. The second-order valence-electron chi connectivity index (χ2n) is 3.62. The highest BCUT2D eigenvalue weighted by molar-refractivity contribution is 4.97. The second-order valence-corrected chi connectivity index (χ2v) is 3.62. The van der Waals surface area contributed by atoms with Gasteiger partial charge in [0.25, 0.3) is 0 Å². The largest absolute Gasteiger partial charge is 0.338 e. The molecule has 1 fully saturated rings. The molecule has 2 rings (SSSR count). The molecule has 1 atom stereocenters. The van der Waals surface area contributed by atoms with Gasteiger partial charge >= 0.3 is 0 Å². The van der Waals surface area contributed by atoms with Gasteiger partial charge in [0.15, 0.2) is 5.82 Å². The summed E-state index contributed by atoms with van der Waals surface area (Å²) in [5.41, 5.74) is 0. The van der Waals surface area contributed by atoms with Crippen molar-refractivity contribution in [2.45, 2.75) is 25.3 Å². The first kappa shape index (κ1) is 9.61. The minimum absolute atomic E-state index is 0.429. The first-order valence-electron chi connectivity index (χ1n) is 5.08. The molecule has 1 unspecified atom stereocenters. The van der Waals surface area contributed by atoms with Crippen molar-refractivity contribution in [1.29, 1.82) is 0 Å². The third kappa shape index (κ3) is 2.10. The van der Waals surface area contributed by atoms with Crippen LogP contribution in [-0.2, 0) is 6.54 Å². The molecular weight excluding hydrogens is 180 g/mol. The molecule has 0 amide bonds. The number of hydrogen-bond acceptors (Lipinski definition) is 5. The van der Waals surface area contributed by atoms with Crippen LogP contribution in [0.15, 0.2) is 4.52 Å². The SMILES string of the molecule is CNCc1nc(C2CCCNC2)no1. The Hall–Kier alpha value is -0.940. The summed E-state index contributed by atoms with van der Waals surface area (Å²) in [5, 5.41) is 10.3. The van der Waals surface area contributed by atoms with Gasteiger partial charge in [0.05, 0.1) is 6.54 Å². The van der Waals surface area contributed by atoms with E-state index in [2.05, 4.69) is 20.8 Å². The molecule has 1 aromatic rings. The predicted octanol–water partition coefficient (Wildman–Crippen LogP) is 0.256. The molecule has 0 radical (unpaired) electrons. The fourth-order valence-corrected chi connectivity index (χ4v) is 1.73. The third-order valence-corrected chi connectivity index (χ3v) is 2.47. The molecule has 2 N–H and O–H groups in total. The van der Waals surface area contributed by atoms with Crippen LogP contribution >= 0.6 is 0 Å². The Morgan fingerprint density at radius 3 is 3.29 bits per heavy atom. The van der Waals surface area contributed by atoms with Crippen LogP contribution in [0.5, 0.6) is 0 Å². The predicted molar refractivity (Wildman–Crippen MR) is 51.9 cm³/mol. The lowest BCUT2D eigenvalue weighted by molar-refractivity contribution is 0.356. The molecule has 78 valence electrons. The molecule has 5 nitrogen and oxygen atoms in total. The number of aromatic nitrogens is 2. The Morgan fingerprint density at radius 2 is 2.57 bits per heavy atom. The molecule has 0 spiro atoms. The molecule has 2 heterocycles. The summed E-state index contributed by atoms with van der Waals surface area (Å²) in [5.74, 6) is 1.95. The van der Waals surface area contributed by atoms with Gasteiger partial charge < -0.3 is 15.2 Å². The van der Waals surface area contributed by atoms with Crippen molar-refractivity contribution in [2.75, 3.05) is 20.1 Å². The Morgan fingerprint density at radius 1 is 1.64 bits per heavy atom. The molecule has 1 aliphatic rings.